The van der Waals surface area contributed by atoms with E-state index < -0.39 is 5.97 Å². The molecule has 18 heavy (non-hydrogen) atoms. The Balaban J connectivity index is 2.34. The molecule has 1 aliphatic rings. The van der Waals surface area contributed by atoms with E-state index in [9.17, 15) is 4.79 Å². The molecule has 1 aromatic rings. The molecule has 0 spiro atoms. The first-order chi connectivity index (χ1) is 8.69. The summed E-state index contributed by atoms with van der Waals surface area (Å²) in [5.41, 5.74) is 6.87. The molecule has 0 radical (unpaired) electrons. The van der Waals surface area contributed by atoms with Crippen LogP contribution in [0.15, 0.2) is 12.3 Å². The molecule has 1 aliphatic carbocycles. The van der Waals surface area contributed by atoms with Crippen LogP contribution in [0, 0.1) is 0 Å². The summed E-state index contributed by atoms with van der Waals surface area (Å²) in [5, 5.41) is 0. The number of pyridine rings is 1. The number of esters is 1. The van der Waals surface area contributed by atoms with Crippen molar-refractivity contribution < 1.29 is 9.53 Å². The molecule has 5 nitrogen and oxygen atoms in total. The average Bonchev–Trinajstić information content (AvgIpc) is 3.20. The van der Waals surface area contributed by atoms with Gasteiger partial charge in [0, 0.05) is 18.8 Å². The van der Waals surface area contributed by atoms with Gasteiger partial charge >= 0.3 is 5.97 Å². The number of hydrogen-bond donors (Lipinski definition) is 1. The van der Waals surface area contributed by atoms with Gasteiger partial charge in [0.15, 0.2) is 5.82 Å². The van der Waals surface area contributed by atoms with Gasteiger partial charge in [-0.25, -0.2) is 9.78 Å². The van der Waals surface area contributed by atoms with Crippen molar-refractivity contribution in [2.24, 2.45) is 0 Å². The lowest BCUT2D eigenvalue weighted by atomic mass is 10.2. The Morgan fingerprint density at radius 2 is 2.33 bits per heavy atom. The van der Waals surface area contributed by atoms with Crippen molar-refractivity contribution in [2.75, 3.05) is 24.3 Å². The number of aromatic nitrogens is 1. The second kappa shape index (κ2) is 5.25. The van der Waals surface area contributed by atoms with E-state index in [2.05, 4.69) is 16.8 Å². The molecule has 0 aliphatic heterocycles. The minimum atomic E-state index is -0.414. The van der Waals surface area contributed by atoms with Crippen molar-refractivity contribution in [3.8, 4) is 0 Å². The van der Waals surface area contributed by atoms with Gasteiger partial charge in [0.05, 0.1) is 18.4 Å². The number of carbonyl (C=O) groups is 1. The predicted molar refractivity (Wildman–Crippen MR) is 70.6 cm³/mol. The van der Waals surface area contributed by atoms with Gasteiger partial charge < -0.3 is 15.4 Å². The summed E-state index contributed by atoms with van der Waals surface area (Å²) in [6, 6.07) is 2.12. The second-order valence-electron chi connectivity index (χ2n) is 4.51. The summed E-state index contributed by atoms with van der Waals surface area (Å²) in [5.74, 6) is 0.297. The predicted octanol–water partition coefficient (Wildman–Crippen LogP) is 1.83. The fourth-order valence-electron chi connectivity index (χ4n) is 2.07. The lowest BCUT2D eigenvalue weighted by Crippen LogP contribution is -2.28. The lowest BCUT2D eigenvalue weighted by Gasteiger charge is -2.24. The maximum absolute atomic E-state index is 11.6. The Hall–Kier alpha value is -1.78. The molecular formula is C13H19N3O2. The molecule has 2 rings (SSSR count). The molecule has 0 bridgehead atoms. The maximum atomic E-state index is 11.6. The third kappa shape index (κ3) is 2.39. The van der Waals surface area contributed by atoms with Crippen molar-refractivity contribution in [2.45, 2.75) is 32.2 Å². The van der Waals surface area contributed by atoms with Crippen LogP contribution < -0.4 is 10.6 Å². The van der Waals surface area contributed by atoms with Crippen LogP contribution in [0.4, 0.5) is 11.5 Å². The molecule has 1 saturated carbocycles. The summed E-state index contributed by atoms with van der Waals surface area (Å²) in [6.07, 6.45) is 4.98. The van der Waals surface area contributed by atoms with Crippen molar-refractivity contribution in [3.63, 3.8) is 0 Å². The summed E-state index contributed by atoms with van der Waals surface area (Å²) in [6.45, 7) is 3.03. The topological polar surface area (TPSA) is 68.5 Å². The van der Waals surface area contributed by atoms with E-state index in [0.29, 0.717) is 23.1 Å². The van der Waals surface area contributed by atoms with Crippen LogP contribution in [0.3, 0.4) is 0 Å². The molecule has 98 valence electrons. The molecule has 1 heterocycles. The van der Waals surface area contributed by atoms with Gasteiger partial charge in [-0.15, -0.1) is 0 Å². The number of nitrogens with two attached hydrogens (primary N) is 1. The zero-order valence-corrected chi connectivity index (χ0v) is 10.8. The fraction of sp³-hybridized carbons (Fsp3) is 0.538. The van der Waals surface area contributed by atoms with E-state index in [1.807, 2.05) is 0 Å². The average molecular weight is 249 g/mol. The second-order valence-corrected chi connectivity index (χ2v) is 4.51. The van der Waals surface area contributed by atoms with Gasteiger partial charge in [0.1, 0.15) is 0 Å². The number of hydrogen-bond acceptors (Lipinski definition) is 5. The normalized spacial score (nSPS) is 14.3. The van der Waals surface area contributed by atoms with Crippen LogP contribution >= 0.6 is 0 Å². The Bertz CT molecular complexity index is 444. The first kappa shape index (κ1) is 12.7. The monoisotopic (exact) mass is 249 g/mol. The van der Waals surface area contributed by atoms with Crippen LogP contribution in [0.2, 0.25) is 0 Å². The smallest absolute Gasteiger partial charge is 0.340 e. The van der Waals surface area contributed by atoms with Crippen LogP contribution in [0.1, 0.15) is 36.5 Å². The Labute approximate surface area is 107 Å². The number of nitrogens with zero attached hydrogens (tertiary/aromatic N) is 2. The van der Waals surface area contributed by atoms with Gasteiger partial charge in [-0.1, -0.05) is 6.92 Å². The van der Waals surface area contributed by atoms with Crippen molar-refractivity contribution in [3.05, 3.63) is 17.8 Å². The molecule has 2 N–H and O–H groups in total. The quantitative estimate of drug-likeness (QED) is 0.806. The highest BCUT2D eigenvalue weighted by molar-refractivity contribution is 5.97. The number of carbonyl (C=O) groups excluding carboxylic acids is 1. The van der Waals surface area contributed by atoms with Gasteiger partial charge in [0.2, 0.25) is 0 Å². The summed E-state index contributed by atoms with van der Waals surface area (Å²) < 4.78 is 4.72. The van der Waals surface area contributed by atoms with Crippen molar-refractivity contribution in [1.29, 1.82) is 0 Å². The molecule has 1 fully saturated rings. The Morgan fingerprint density at radius 1 is 1.61 bits per heavy atom. The summed E-state index contributed by atoms with van der Waals surface area (Å²) in [7, 11) is 1.35. The Kier molecular flexibility index (Phi) is 3.69. The van der Waals surface area contributed by atoms with Gasteiger partial charge in [0.25, 0.3) is 0 Å². The van der Waals surface area contributed by atoms with Crippen molar-refractivity contribution in [1.82, 2.24) is 4.98 Å². The SMILES string of the molecule is CCCN(c1nccc(C(=O)OC)c1N)C1CC1. The molecule has 5 heteroatoms. The van der Waals surface area contributed by atoms with Crippen LogP contribution in [-0.2, 0) is 4.74 Å². The highest BCUT2D eigenvalue weighted by Gasteiger charge is 2.31. The number of rotatable bonds is 5. The summed E-state index contributed by atoms with van der Waals surface area (Å²) >= 11 is 0. The molecule has 0 saturated heterocycles. The third-order valence-corrected chi connectivity index (χ3v) is 3.10. The van der Waals surface area contributed by atoms with Crippen LogP contribution in [0.25, 0.3) is 0 Å². The Morgan fingerprint density at radius 3 is 2.89 bits per heavy atom. The zero-order chi connectivity index (χ0) is 13.1. The molecule has 0 amide bonds. The molecule has 0 aromatic carbocycles. The lowest BCUT2D eigenvalue weighted by molar-refractivity contribution is 0.0602. The van der Waals surface area contributed by atoms with E-state index >= 15 is 0 Å². The zero-order valence-electron chi connectivity index (χ0n) is 10.8. The molecule has 0 unspecified atom stereocenters. The van der Waals surface area contributed by atoms with E-state index in [-0.39, 0.29) is 0 Å². The minimum Gasteiger partial charge on any atom is -0.465 e. The van der Waals surface area contributed by atoms with E-state index in [1.54, 1.807) is 12.3 Å². The van der Waals surface area contributed by atoms with Gasteiger partial charge in [-0.2, -0.15) is 0 Å². The third-order valence-electron chi connectivity index (χ3n) is 3.10. The van der Waals surface area contributed by atoms with Crippen LogP contribution in [0.5, 0.6) is 0 Å². The van der Waals surface area contributed by atoms with E-state index in [4.69, 9.17) is 10.5 Å². The van der Waals surface area contributed by atoms with Gasteiger partial charge in [-0.05, 0) is 25.3 Å². The first-order valence-corrected chi connectivity index (χ1v) is 6.28. The number of anilines is 2. The van der Waals surface area contributed by atoms with Crippen LogP contribution in [-0.4, -0.2) is 30.6 Å². The highest BCUT2D eigenvalue weighted by atomic mass is 16.5. The fourth-order valence-corrected chi connectivity index (χ4v) is 2.07. The standard InChI is InChI=1S/C13H19N3O2/c1-3-8-16(9-4-5-9)12-11(14)10(6-7-15-12)13(17)18-2/h6-7,9H,3-5,8,14H2,1-2H3. The maximum Gasteiger partial charge on any atom is 0.340 e. The highest BCUT2D eigenvalue weighted by Crippen LogP contribution is 2.34. The number of methoxy groups -OCH3 is 1. The molecule has 0 atom stereocenters. The van der Waals surface area contributed by atoms with Crippen molar-refractivity contribution >= 4 is 17.5 Å². The minimum absolute atomic E-state index is 0.393. The van der Waals surface area contributed by atoms with E-state index in [0.717, 1.165) is 13.0 Å². The first-order valence-electron chi connectivity index (χ1n) is 6.28. The van der Waals surface area contributed by atoms with Gasteiger partial charge in [-0.3, -0.25) is 0 Å². The molecular weight excluding hydrogens is 230 g/mol. The summed E-state index contributed by atoms with van der Waals surface area (Å²) in [4.78, 5) is 18.1. The number of ether oxygens (including phenoxy) is 1. The van der Waals surface area contributed by atoms with E-state index in [1.165, 1.54) is 20.0 Å². The number of nitrogen functional groups attached to an aromatic ring is 1. The largest absolute Gasteiger partial charge is 0.465 e. The molecule has 1 aromatic heterocycles.